The smallest absolute Gasteiger partial charge is 0.298 e. The molecule has 0 spiro atoms. The number of rotatable bonds is 1. The second-order valence-corrected chi connectivity index (χ2v) is 3.70. The van der Waals surface area contributed by atoms with Gasteiger partial charge in [0.15, 0.2) is 4.91 Å². The van der Waals surface area contributed by atoms with E-state index in [-0.39, 0.29) is 18.2 Å². The Kier molecular flexibility index (Phi) is 2.25. The molecular weight excluding hydrogens is 194 g/mol. The molecule has 0 fully saturated rings. The SMILES string of the molecule is CCOC1=NS(=O)(=O)C(C#N)=C1N. The minimum atomic E-state index is -3.90. The monoisotopic (exact) mass is 201 g/mol. The quantitative estimate of drug-likeness (QED) is 0.613. The van der Waals surface area contributed by atoms with Crippen LogP contribution in [0.2, 0.25) is 0 Å². The van der Waals surface area contributed by atoms with Gasteiger partial charge in [-0.25, -0.2) is 0 Å². The van der Waals surface area contributed by atoms with Crippen LogP contribution in [-0.2, 0) is 14.8 Å². The van der Waals surface area contributed by atoms with Crippen molar-refractivity contribution in [1.29, 1.82) is 5.26 Å². The summed E-state index contributed by atoms with van der Waals surface area (Å²) in [5, 5.41) is 8.46. The lowest BCUT2D eigenvalue weighted by Gasteiger charge is -1.99. The van der Waals surface area contributed by atoms with Gasteiger partial charge in [0.05, 0.1) is 6.61 Å². The van der Waals surface area contributed by atoms with Crippen LogP contribution in [0.15, 0.2) is 15.0 Å². The van der Waals surface area contributed by atoms with Crippen LogP contribution in [0.4, 0.5) is 0 Å². The van der Waals surface area contributed by atoms with Crippen LogP contribution < -0.4 is 5.73 Å². The molecule has 0 bridgehead atoms. The zero-order valence-corrected chi connectivity index (χ0v) is 7.63. The lowest BCUT2D eigenvalue weighted by atomic mass is 10.4. The largest absolute Gasteiger partial charge is 0.476 e. The molecule has 1 rings (SSSR count). The third-order valence-electron chi connectivity index (χ3n) is 1.32. The van der Waals surface area contributed by atoms with E-state index in [2.05, 4.69) is 4.40 Å². The predicted molar refractivity (Wildman–Crippen MR) is 44.8 cm³/mol. The van der Waals surface area contributed by atoms with Gasteiger partial charge in [0.25, 0.3) is 15.9 Å². The maximum absolute atomic E-state index is 11.1. The number of ether oxygens (including phenoxy) is 1. The van der Waals surface area contributed by atoms with Gasteiger partial charge >= 0.3 is 0 Å². The van der Waals surface area contributed by atoms with E-state index in [4.69, 9.17) is 15.7 Å². The average molecular weight is 201 g/mol. The maximum atomic E-state index is 11.1. The molecule has 13 heavy (non-hydrogen) atoms. The van der Waals surface area contributed by atoms with E-state index in [1.165, 1.54) is 6.07 Å². The Bertz CT molecular complexity index is 427. The summed E-state index contributed by atoms with van der Waals surface area (Å²) in [6.45, 7) is 1.90. The highest BCUT2D eigenvalue weighted by atomic mass is 32.2. The normalized spacial score (nSPS) is 19.5. The van der Waals surface area contributed by atoms with Crippen molar-refractivity contribution in [3.05, 3.63) is 10.6 Å². The summed E-state index contributed by atoms with van der Waals surface area (Å²) < 4.78 is 30.1. The maximum Gasteiger partial charge on any atom is 0.298 e. The fraction of sp³-hybridized carbons (Fsp3) is 0.333. The standard InChI is InChI=1S/C6H7N3O3S/c1-2-12-6-5(8)4(3-7)13(10,11)9-6/h2,8H2,1H3. The second-order valence-electron chi connectivity index (χ2n) is 2.16. The summed E-state index contributed by atoms with van der Waals surface area (Å²) in [6, 6.07) is 1.46. The topological polar surface area (TPSA) is 106 Å². The lowest BCUT2D eigenvalue weighted by molar-refractivity contribution is 0.328. The van der Waals surface area contributed by atoms with Gasteiger partial charge in [0.1, 0.15) is 11.8 Å². The third kappa shape index (κ3) is 1.48. The molecule has 0 atom stereocenters. The zero-order chi connectivity index (χ0) is 10.1. The Morgan fingerprint density at radius 1 is 1.69 bits per heavy atom. The lowest BCUT2D eigenvalue weighted by Crippen LogP contribution is -2.13. The Balaban J connectivity index is 3.22. The molecular formula is C6H7N3O3S. The van der Waals surface area contributed by atoms with Crippen molar-refractivity contribution < 1.29 is 13.2 Å². The van der Waals surface area contributed by atoms with Crippen LogP contribution >= 0.6 is 0 Å². The Hall–Kier alpha value is -1.55. The predicted octanol–water partition coefficient (Wildman–Crippen LogP) is -0.541. The van der Waals surface area contributed by atoms with Crippen LogP contribution in [0.1, 0.15) is 6.92 Å². The van der Waals surface area contributed by atoms with Gasteiger partial charge in [0.2, 0.25) is 0 Å². The zero-order valence-electron chi connectivity index (χ0n) is 6.81. The molecule has 0 saturated heterocycles. The minimum absolute atomic E-state index is 0.195. The molecule has 1 heterocycles. The molecule has 1 aliphatic rings. The van der Waals surface area contributed by atoms with Crippen molar-refractivity contribution in [3.8, 4) is 6.07 Å². The van der Waals surface area contributed by atoms with Gasteiger partial charge in [-0.2, -0.15) is 13.7 Å². The van der Waals surface area contributed by atoms with Gasteiger partial charge < -0.3 is 10.5 Å². The van der Waals surface area contributed by atoms with E-state index in [0.717, 1.165) is 0 Å². The summed E-state index contributed by atoms with van der Waals surface area (Å²) in [5.74, 6) is -0.195. The number of allylic oxidation sites excluding steroid dienone is 1. The fourth-order valence-corrected chi connectivity index (χ4v) is 1.74. The molecule has 6 nitrogen and oxygen atoms in total. The summed E-state index contributed by atoms with van der Waals surface area (Å²) in [4.78, 5) is -0.545. The van der Waals surface area contributed by atoms with E-state index >= 15 is 0 Å². The summed E-state index contributed by atoms with van der Waals surface area (Å²) in [6.07, 6.45) is 0. The van der Waals surface area contributed by atoms with Crippen LogP contribution in [0.25, 0.3) is 0 Å². The van der Waals surface area contributed by atoms with Crippen molar-refractivity contribution in [2.75, 3.05) is 6.61 Å². The molecule has 7 heteroatoms. The van der Waals surface area contributed by atoms with Crippen LogP contribution in [-0.4, -0.2) is 20.9 Å². The van der Waals surface area contributed by atoms with Crippen molar-refractivity contribution >= 4 is 15.9 Å². The molecule has 70 valence electrons. The highest BCUT2D eigenvalue weighted by Gasteiger charge is 2.31. The summed E-state index contributed by atoms with van der Waals surface area (Å²) in [5.41, 5.74) is 5.10. The van der Waals surface area contributed by atoms with E-state index in [0.29, 0.717) is 0 Å². The first-order valence-corrected chi connectivity index (χ1v) is 4.85. The number of hydrogen-bond acceptors (Lipinski definition) is 5. The number of nitriles is 1. The molecule has 0 saturated carbocycles. The molecule has 1 aliphatic heterocycles. The Labute approximate surface area is 75.4 Å². The van der Waals surface area contributed by atoms with Gasteiger partial charge in [-0.05, 0) is 6.92 Å². The van der Waals surface area contributed by atoms with Crippen LogP contribution in [0.5, 0.6) is 0 Å². The number of hydrogen-bond donors (Lipinski definition) is 1. The van der Waals surface area contributed by atoms with Gasteiger partial charge in [0, 0.05) is 0 Å². The van der Waals surface area contributed by atoms with Crippen LogP contribution in [0.3, 0.4) is 0 Å². The number of nitrogens with zero attached hydrogens (tertiary/aromatic N) is 2. The molecule has 0 unspecified atom stereocenters. The highest BCUT2D eigenvalue weighted by molar-refractivity contribution is 7.94. The van der Waals surface area contributed by atoms with Crippen LogP contribution in [0, 0.1) is 11.3 Å². The first-order chi connectivity index (χ1) is 6.03. The molecule has 0 aromatic rings. The molecule has 0 amide bonds. The van der Waals surface area contributed by atoms with Crippen molar-refractivity contribution in [3.63, 3.8) is 0 Å². The molecule has 0 radical (unpaired) electrons. The number of nitrogens with two attached hydrogens (primary N) is 1. The van der Waals surface area contributed by atoms with Crippen molar-refractivity contribution in [2.45, 2.75) is 6.92 Å². The molecule has 0 aromatic heterocycles. The summed E-state index contributed by atoms with van der Waals surface area (Å²) in [7, 11) is -3.90. The third-order valence-corrected chi connectivity index (χ3v) is 2.55. The van der Waals surface area contributed by atoms with E-state index in [1.807, 2.05) is 0 Å². The van der Waals surface area contributed by atoms with Crippen molar-refractivity contribution in [2.24, 2.45) is 10.1 Å². The van der Waals surface area contributed by atoms with E-state index in [9.17, 15) is 8.42 Å². The molecule has 2 N–H and O–H groups in total. The van der Waals surface area contributed by atoms with Gasteiger partial charge in [-0.15, -0.1) is 4.40 Å². The molecule has 0 aromatic carbocycles. The van der Waals surface area contributed by atoms with E-state index < -0.39 is 14.9 Å². The van der Waals surface area contributed by atoms with E-state index in [1.54, 1.807) is 6.92 Å². The van der Waals surface area contributed by atoms with Crippen molar-refractivity contribution in [1.82, 2.24) is 0 Å². The average Bonchev–Trinajstić information content (AvgIpc) is 2.23. The summed E-state index contributed by atoms with van der Waals surface area (Å²) >= 11 is 0. The Morgan fingerprint density at radius 3 is 2.69 bits per heavy atom. The fourth-order valence-electron chi connectivity index (χ4n) is 0.799. The first-order valence-electron chi connectivity index (χ1n) is 3.41. The number of sulfonamides is 1. The second kappa shape index (κ2) is 3.06. The van der Waals surface area contributed by atoms with Gasteiger partial charge in [-0.3, -0.25) is 0 Å². The van der Waals surface area contributed by atoms with Gasteiger partial charge in [-0.1, -0.05) is 0 Å². The molecule has 0 aliphatic carbocycles. The highest BCUT2D eigenvalue weighted by Crippen LogP contribution is 2.20. The first kappa shape index (κ1) is 9.54. The minimum Gasteiger partial charge on any atom is -0.476 e. The Morgan fingerprint density at radius 2 is 2.31 bits per heavy atom.